The molecular weight excluding hydrogens is 248 g/mol. The van der Waals surface area contributed by atoms with Gasteiger partial charge in [0.25, 0.3) is 5.91 Å². The third kappa shape index (κ3) is 2.22. The van der Waals surface area contributed by atoms with Crippen molar-refractivity contribution in [1.82, 2.24) is 9.88 Å². The van der Waals surface area contributed by atoms with Gasteiger partial charge >= 0.3 is 0 Å². The van der Waals surface area contributed by atoms with E-state index in [4.69, 9.17) is 5.11 Å². The predicted molar refractivity (Wildman–Crippen MR) is 66.1 cm³/mol. The van der Waals surface area contributed by atoms with E-state index in [1.165, 1.54) is 11.8 Å². The quantitative estimate of drug-likeness (QED) is 0.817. The maximum Gasteiger partial charge on any atom is 0.290 e. The topological polar surface area (TPSA) is 90.7 Å². The number of amides is 1. The highest BCUT2D eigenvalue weighted by atomic mass is 16.3. The Hall–Kier alpha value is -2.21. The number of β-amino-alcohol motifs (C(OH)–C–C–N with tert-alkyl or cyclic N) is 1. The normalized spacial score (nSPS) is 19.2. The summed E-state index contributed by atoms with van der Waals surface area (Å²) in [5.74, 6) is -1.60. The molecule has 0 spiro atoms. The van der Waals surface area contributed by atoms with E-state index in [0.29, 0.717) is 5.69 Å². The molecule has 1 aromatic heterocycles. The van der Waals surface area contributed by atoms with E-state index in [1.807, 2.05) is 0 Å². The zero-order valence-corrected chi connectivity index (χ0v) is 10.4. The van der Waals surface area contributed by atoms with Gasteiger partial charge in [-0.05, 0) is 19.1 Å². The first-order valence-corrected chi connectivity index (χ1v) is 5.84. The van der Waals surface area contributed by atoms with E-state index in [-0.39, 0.29) is 24.5 Å². The lowest BCUT2D eigenvalue weighted by Crippen LogP contribution is -2.33. The van der Waals surface area contributed by atoms with Crippen molar-refractivity contribution in [2.24, 2.45) is 0 Å². The van der Waals surface area contributed by atoms with Crippen LogP contribution in [0.4, 0.5) is 0 Å². The number of hydrogen-bond acceptors (Lipinski definition) is 5. The molecule has 0 saturated heterocycles. The second kappa shape index (κ2) is 5.19. The Balaban J connectivity index is 2.51. The molecule has 1 aliphatic heterocycles. The van der Waals surface area contributed by atoms with Gasteiger partial charge in [-0.3, -0.25) is 14.6 Å². The van der Waals surface area contributed by atoms with Crippen molar-refractivity contribution in [2.75, 3.05) is 13.2 Å². The van der Waals surface area contributed by atoms with Crippen molar-refractivity contribution < 1.29 is 19.8 Å². The average Bonchev–Trinajstić information content (AvgIpc) is 2.65. The number of carbonyl (C=O) groups excluding carboxylic acids is 2. The molecule has 2 N–H and O–H groups in total. The lowest BCUT2D eigenvalue weighted by Gasteiger charge is -2.24. The minimum Gasteiger partial charge on any atom is -0.503 e. The van der Waals surface area contributed by atoms with Crippen LogP contribution < -0.4 is 0 Å². The number of carbonyl (C=O) groups is 2. The van der Waals surface area contributed by atoms with Gasteiger partial charge in [-0.2, -0.15) is 0 Å². The summed E-state index contributed by atoms with van der Waals surface area (Å²) in [7, 11) is 0. The van der Waals surface area contributed by atoms with E-state index in [2.05, 4.69) is 4.98 Å². The molecule has 0 aliphatic carbocycles. The Labute approximate surface area is 110 Å². The van der Waals surface area contributed by atoms with Crippen molar-refractivity contribution in [2.45, 2.75) is 13.0 Å². The second-order valence-electron chi connectivity index (χ2n) is 4.20. The molecule has 1 amide bonds. The molecule has 0 aromatic carbocycles. The fourth-order valence-corrected chi connectivity index (χ4v) is 2.20. The monoisotopic (exact) mass is 262 g/mol. The van der Waals surface area contributed by atoms with E-state index in [9.17, 15) is 14.7 Å². The largest absolute Gasteiger partial charge is 0.503 e. The molecule has 0 radical (unpaired) electrons. The van der Waals surface area contributed by atoms with Crippen LogP contribution in [-0.4, -0.2) is 44.9 Å². The van der Waals surface area contributed by atoms with Crippen LogP contribution in [0.3, 0.4) is 0 Å². The first-order valence-electron chi connectivity index (χ1n) is 5.84. The highest BCUT2D eigenvalue weighted by molar-refractivity contribution is 6.07. The number of hydrogen-bond donors (Lipinski definition) is 2. The first kappa shape index (κ1) is 13.2. The Morgan fingerprint density at radius 3 is 2.74 bits per heavy atom. The number of rotatable bonds is 4. The van der Waals surface area contributed by atoms with Crippen molar-refractivity contribution in [3.05, 3.63) is 41.4 Å². The summed E-state index contributed by atoms with van der Waals surface area (Å²) in [6.45, 7) is 1.06. The van der Waals surface area contributed by atoms with E-state index in [1.54, 1.807) is 24.4 Å². The van der Waals surface area contributed by atoms with Gasteiger partial charge in [0.15, 0.2) is 11.5 Å². The number of nitrogens with zero attached hydrogens (tertiary/aromatic N) is 2. The maximum absolute atomic E-state index is 11.9. The summed E-state index contributed by atoms with van der Waals surface area (Å²) in [6, 6.07) is 4.38. The fourth-order valence-electron chi connectivity index (χ4n) is 2.20. The number of Topliss-reactive ketones (excluding diaryl/α,β-unsaturated/α-hetero) is 1. The van der Waals surface area contributed by atoms with Crippen LogP contribution in [0.25, 0.3) is 0 Å². The Kier molecular flexibility index (Phi) is 3.62. The zero-order valence-electron chi connectivity index (χ0n) is 10.4. The highest BCUT2D eigenvalue weighted by Crippen LogP contribution is 2.36. The zero-order chi connectivity index (χ0) is 14.0. The van der Waals surface area contributed by atoms with Gasteiger partial charge in [0.05, 0.1) is 17.9 Å². The van der Waals surface area contributed by atoms with Crippen LogP contribution in [0, 0.1) is 0 Å². The summed E-state index contributed by atoms with van der Waals surface area (Å²) in [4.78, 5) is 28.9. The summed E-state index contributed by atoms with van der Waals surface area (Å²) >= 11 is 0. The number of pyridine rings is 1. The van der Waals surface area contributed by atoms with Gasteiger partial charge in [-0.1, -0.05) is 6.07 Å². The molecule has 19 heavy (non-hydrogen) atoms. The third-order valence-corrected chi connectivity index (χ3v) is 2.99. The second-order valence-corrected chi connectivity index (χ2v) is 4.20. The molecule has 1 aliphatic rings. The van der Waals surface area contributed by atoms with Crippen LogP contribution in [-0.2, 0) is 9.59 Å². The molecular formula is C13H14N2O4. The Morgan fingerprint density at radius 1 is 1.47 bits per heavy atom. The molecule has 2 heterocycles. The van der Waals surface area contributed by atoms with Crippen LogP contribution >= 0.6 is 0 Å². The Morgan fingerprint density at radius 2 is 2.21 bits per heavy atom. The number of ketones is 1. The lowest BCUT2D eigenvalue weighted by atomic mass is 10.0. The molecule has 1 atom stereocenters. The summed E-state index contributed by atoms with van der Waals surface area (Å²) in [6.07, 6.45) is 1.55. The molecule has 6 nitrogen and oxygen atoms in total. The SMILES string of the molecule is CC(=O)C1=C(O)C(=O)N(CCO)C1c1ccccn1. The highest BCUT2D eigenvalue weighted by Gasteiger charge is 2.42. The van der Waals surface area contributed by atoms with E-state index < -0.39 is 17.7 Å². The summed E-state index contributed by atoms with van der Waals surface area (Å²) in [5.41, 5.74) is 0.510. The minimum atomic E-state index is -0.738. The van der Waals surface area contributed by atoms with Crippen LogP contribution in [0.1, 0.15) is 18.7 Å². The van der Waals surface area contributed by atoms with Crippen molar-refractivity contribution in [3.8, 4) is 0 Å². The molecule has 6 heteroatoms. The van der Waals surface area contributed by atoms with Crippen molar-refractivity contribution in [1.29, 1.82) is 0 Å². The standard InChI is InChI=1S/C13H14N2O4/c1-8(17)10-11(9-4-2-3-5-14-9)15(6-7-16)13(19)12(10)18/h2-5,11,16,18H,6-7H2,1H3. The average molecular weight is 262 g/mol. The van der Waals surface area contributed by atoms with Gasteiger partial charge in [-0.25, -0.2) is 0 Å². The molecule has 0 saturated carbocycles. The van der Waals surface area contributed by atoms with Crippen molar-refractivity contribution >= 4 is 11.7 Å². The summed E-state index contributed by atoms with van der Waals surface area (Å²) < 4.78 is 0. The fraction of sp³-hybridized carbons (Fsp3) is 0.308. The van der Waals surface area contributed by atoms with Gasteiger partial charge in [0.2, 0.25) is 0 Å². The van der Waals surface area contributed by atoms with Gasteiger partial charge in [0.1, 0.15) is 6.04 Å². The smallest absolute Gasteiger partial charge is 0.290 e. The molecule has 100 valence electrons. The molecule has 1 unspecified atom stereocenters. The molecule has 0 fully saturated rings. The lowest BCUT2D eigenvalue weighted by molar-refractivity contribution is -0.130. The third-order valence-electron chi connectivity index (χ3n) is 2.99. The van der Waals surface area contributed by atoms with Gasteiger partial charge in [0, 0.05) is 12.7 Å². The Bertz CT molecular complexity index is 539. The van der Waals surface area contributed by atoms with E-state index >= 15 is 0 Å². The predicted octanol–water partition coefficient (Wildman–Crippen LogP) is 0.358. The maximum atomic E-state index is 11.9. The minimum absolute atomic E-state index is 0.0251. The first-order chi connectivity index (χ1) is 9.07. The number of aliphatic hydroxyl groups is 2. The van der Waals surface area contributed by atoms with Crippen molar-refractivity contribution in [3.63, 3.8) is 0 Å². The van der Waals surface area contributed by atoms with E-state index in [0.717, 1.165) is 0 Å². The van der Waals surface area contributed by atoms with Crippen LogP contribution in [0.2, 0.25) is 0 Å². The summed E-state index contributed by atoms with van der Waals surface area (Å²) in [5, 5.41) is 18.8. The molecule has 0 bridgehead atoms. The van der Waals surface area contributed by atoms with Gasteiger partial charge < -0.3 is 15.1 Å². The van der Waals surface area contributed by atoms with Crippen LogP contribution in [0.5, 0.6) is 0 Å². The molecule has 1 aromatic rings. The van der Waals surface area contributed by atoms with Gasteiger partial charge in [-0.15, -0.1) is 0 Å². The number of aromatic nitrogens is 1. The molecule has 2 rings (SSSR count). The number of aliphatic hydroxyl groups excluding tert-OH is 2. The van der Waals surface area contributed by atoms with Crippen LogP contribution in [0.15, 0.2) is 35.7 Å².